The number of hydrogen-bond donors (Lipinski definition) is 0. The van der Waals surface area contributed by atoms with E-state index in [9.17, 15) is 9.59 Å². The van der Waals surface area contributed by atoms with Crippen LogP contribution in [0.1, 0.15) is 26.3 Å². The van der Waals surface area contributed by atoms with Crippen LogP contribution in [0.15, 0.2) is 36.4 Å². The molecule has 0 aromatic heterocycles. The van der Waals surface area contributed by atoms with Crippen LogP contribution in [0, 0.1) is 0 Å². The summed E-state index contributed by atoms with van der Waals surface area (Å²) in [4.78, 5) is 24.8. The first-order valence-corrected chi connectivity index (χ1v) is 9.01. The summed E-state index contributed by atoms with van der Waals surface area (Å²) in [5.41, 5.74) is 1.08. The molecule has 27 heavy (non-hydrogen) atoms. The van der Waals surface area contributed by atoms with Crippen molar-refractivity contribution in [3.8, 4) is 5.75 Å². The van der Waals surface area contributed by atoms with Gasteiger partial charge >= 0.3 is 12.1 Å². The minimum Gasteiger partial charge on any atom is -0.491 e. The number of benzene rings is 1. The number of cyclic esters (lactones) is 1. The minimum atomic E-state index is -0.957. The lowest BCUT2D eigenvalue weighted by Crippen LogP contribution is -2.48. The Hall–Kier alpha value is -2.54. The van der Waals surface area contributed by atoms with Crippen molar-refractivity contribution in [2.45, 2.75) is 38.6 Å². The van der Waals surface area contributed by atoms with E-state index in [4.69, 9.17) is 18.9 Å². The summed E-state index contributed by atoms with van der Waals surface area (Å²) in [5, 5.41) is 0. The maximum atomic E-state index is 12.2. The molecule has 7 nitrogen and oxygen atoms in total. The van der Waals surface area contributed by atoms with Crippen LogP contribution in [0.5, 0.6) is 5.75 Å². The average molecular weight is 375 g/mol. The Morgan fingerprint density at radius 2 is 2.07 bits per heavy atom. The predicted octanol–water partition coefficient (Wildman–Crippen LogP) is 2.64. The van der Waals surface area contributed by atoms with E-state index in [0.717, 1.165) is 11.3 Å². The SMILES string of the molecule is CC(C)(C)c1ccccc1OCC1CN(C(=O)OC2C=CC(=O)O2)CCO1. The van der Waals surface area contributed by atoms with Crippen LogP contribution in [0.4, 0.5) is 4.79 Å². The van der Waals surface area contributed by atoms with Crippen molar-refractivity contribution in [2.24, 2.45) is 0 Å². The van der Waals surface area contributed by atoms with Crippen LogP contribution in [-0.4, -0.2) is 55.7 Å². The first-order valence-electron chi connectivity index (χ1n) is 9.01. The number of amides is 1. The zero-order valence-electron chi connectivity index (χ0n) is 15.8. The van der Waals surface area contributed by atoms with E-state index in [2.05, 4.69) is 26.8 Å². The van der Waals surface area contributed by atoms with Gasteiger partial charge in [-0.15, -0.1) is 0 Å². The van der Waals surface area contributed by atoms with Gasteiger partial charge < -0.3 is 23.8 Å². The molecule has 0 N–H and O–H groups in total. The van der Waals surface area contributed by atoms with E-state index in [1.54, 1.807) is 0 Å². The monoisotopic (exact) mass is 375 g/mol. The van der Waals surface area contributed by atoms with E-state index in [-0.39, 0.29) is 11.5 Å². The molecular weight excluding hydrogens is 350 g/mol. The number of ether oxygens (including phenoxy) is 4. The predicted molar refractivity (Wildman–Crippen MR) is 97.5 cm³/mol. The highest BCUT2D eigenvalue weighted by Crippen LogP contribution is 2.31. The molecular formula is C20H25NO6. The fraction of sp³-hybridized carbons (Fsp3) is 0.500. The highest BCUT2D eigenvalue weighted by molar-refractivity contribution is 5.84. The van der Waals surface area contributed by atoms with E-state index >= 15 is 0 Å². The highest BCUT2D eigenvalue weighted by Gasteiger charge is 2.29. The van der Waals surface area contributed by atoms with Crippen LogP contribution in [-0.2, 0) is 24.4 Å². The van der Waals surface area contributed by atoms with Crippen LogP contribution in [0.2, 0.25) is 0 Å². The number of morpholine rings is 1. The molecule has 0 bridgehead atoms. The van der Waals surface area contributed by atoms with Crippen molar-refractivity contribution in [2.75, 3.05) is 26.3 Å². The van der Waals surface area contributed by atoms with E-state index in [0.29, 0.717) is 26.3 Å². The molecule has 0 radical (unpaired) electrons. The maximum Gasteiger partial charge on any atom is 0.413 e. The molecule has 0 spiro atoms. The van der Waals surface area contributed by atoms with E-state index in [1.807, 2.05) is 18.2 Å². The number of rotatable bonds is 4. The number of carbonyl (C=O) groups excluding carboxylic acids is 2. The quantitative estimate of drug-likeness (QED) is 0.753. The fourth-order valence-electron chi connectivity index (χ4n) is 2.97. The Morgan fingerprint density at radius 1 is 1.30 bits per heavy atom. The van der Waals surface area contributed by atoms with Crippen LogP contribution >= 0.6 is 0 Å². The van der Waals surface area contributed by atoms with Crippen LogP contribution < -0.4 is 4.74 Å². The lowest BCUT2D eigenvalue weighted by atomic mass is 9.86. The van der Waals surface area contributed by atoms with Gasteiger partial charge in [-0.3, -0.25) is 0 Å². The molecule has 1 fully saturated rings. The second kappa shape index (κ2) is 8.00. The van der Waals surface area contributed by atoms with Crippen molar-refractivity contribution in [3.63, 3.8) is 0 Å². The number of para-hydroxylation sites is 1. The van der Waals surface area contributed by atoms with Gasteiger partial charge in [-0.2, -0.15) is 0 Å². The lowest BCUT2D eigenvalue weighted by molar-refractivity contribution is -0.152. The third-order valence-electron chi connectivity index (χ3n) is 4.36. The minimum absolute atomic E-state index is 0.0356. The molecule has 0 aliphatic carbocycles. The second-order valence-electron chi connectivity index (χ2n) is 7.54. The van der Waals surface area contributed by atoms with Gasteiger partial charge in [0, 0.05) is 18.7 Å². The molecule has 2 atom stereocenters. The maximum absolute atomic E-state index is 12.2. The third kappa shape index (κ3) is 5.01. The molecule has 1 amide bonds. The topological polar surface area (TPSA) is 74.3 Å². The number of carbonyl (C=O) groups is 2. The Kier molecular flexibility index (Phi) is 5.70. The van der Waals surface area contributed by atoms with Crippen molar-refractivity contribution in [1.82, 2.24) is 4.90 Å². The summed E-state index contributed by atoms with van der Waals surface area (Å²) in [7, 11) is 0. The second-order valence-corrected chi connectivity index (χ2v) is 7.54. The fourth-order valence-corrected chi connectivity index (χ4v) is 2.97. The van der Waals surface area contributed by atoms with Gasteiger partial charge in [0.15, 0.2) is 0 Å². The van der Waals surface area contributed by atoms with Gasteiger partial charge in [-0.1, -0.05) is 39.0 Å². The van der Waals surface area contributed by atoms with Gasteiger partial charge in [0.1, 0.15) is 18.5 Å². The molecule has 3 rings (SSSR count). The summed E-state index contributed by atoms with van der Waals surface area (Å²) >= 11 is 0. The van der Waals surface area contributed by atoms with Gasteiger partial charge in [-0.25, -0.2) is 9.59 Å². The molecule has 1 saturated heterocycles. The van der Waals surface area contributed by atoms with Gasteiger partial charge in [-0.05, 0) is 17.0 Å². The van der Waals surface area contributed by atoms with Crippen molar-refractivity contribution in [1.29, 1.82) is 0 Å². The highest BCUT2D eigenvalue weighted by atomic mass is 16.7. The van der Waals surface area contributed by atoms with Gasteiger partial charge in [0.25, 0.3) is 6.29 Å². The normalized spacial score (nSPS) is 22.5. The van der Waals surface area contributed by atoms with Crippen molar-refractivity contribution < 1.29 is 28.5 Å². The van der Waals surface area contributed by atoms with Crippen molar-refractivity contribution >= 4 is 12.1 Å². The lowest BCUT2D eigenvalue weighted by Gasteiger charge is -2.33. The van der Waals surface area contributed by atoms with Gasteiger partial charge in [0.2, 0.25) is 0 Å². The largest absolute Gasteiger partial charge is 0.491 e. The molecule has 146 valence electrons. The summed E-state index contributed by atoms with van der Waals surface area (Å²) in [6.45, 7) is 7.88. The summed E-state index contributed by atoms with van der Waals surface area (Å²) in [5.74, 6) is 0.301. The Morgan fingerprint density at radius 3 is 2.78 bits per heavy atom. The van der Waals surface area contributed by atoms with Gasteiger partial charge in [0.05, 0.1) is 13.2 Å². The van der Waals surface area contributed by atoms with E-state index < -0.39 is 18.4 Å². The average Bonchev–Trinajstić information content (AvgIpc) is 3.04. The smallest absolute Gasteiger partial charge is 0.413 e. The zero-order chi connectivity index (χ0) is 19.4. The molecule has 2 aliphatic rings. The Bertz CT molecular complexity index is 723. The molecule has 1 aromatic carbocycles. The number of hydrogen-bond acceptors (Lipinski definition) is 6. The first-order chi connectivity index (χ1) is 12.8. The molecule has 2 aliphatic heterocycles. The molecule has 2 heterocycles. The molecule has 0 saturated carbocycles. The Labute approximate surface area is 158 Å². The molecule has 2 unspecified atom stereocenters. The van der Waals surface area contributed by atoms with Crippen molar-refractivity contribution in [3.05, 3.63) is 42.0 Å². The molecule has 7 heteroatoms. The third-order valence-corrected chi connectivity index (χ3v) is 4.36. The van der Waals surface area contributed by atoms with Crippen LogP contribution in [0.3, 0.4) is 0 Å². The number of esters is 1. The Balaban J connectivity index is 1.54. The summed E-state index contributed by atoms with van der Waals surface area (Å²) in [6, 6.07) is 7.92. The van der Waals surface area contributed by atoms with Crippen LogP contribution in [0.25, 0.3) is 0 Å². The number of nitrogens with zero attached hydrogens (tertiary/aromatic N) is 1. The summed E-state index contributed by atoms with van der Waals surface area (Å²) in [6.07, 6.45) is 0.885. The first kappa shape index (κ1) is 19.2. The van der Waals surface area contributed by atoms with E-state index in [1.165, 1.54) is 17.1 Å². The zero-order valence-corrected chi connectivity index (χ0v) is 15.8. The molecule has 1 aromatic rings. The standard InChI is InChI=1S/C20H25NO6/c1-20(2,3)15-6-4-5-7-16(15)25-13-14-12-21(10-11-24-14)19(23)27-18-9-8-17(22)26-18/h4-9,14,18H,10-13H2,1-3H3. The summed E-state index contributed by atoms with van der Waals surface area (Å²) < 4.78 is 21.7.